The van der Waals surface area contributed by atoms with Gasteiger partial charge in [-0.05, 0) is 12.5 Å². The lowest BCUT2D eigenvalue weighted by atomic mass is 10.1. The van der Waals surface area contributed by atoms with Gasteiger partial charge < -0.3 is 10.1 Å². The third kappa shape index (κ3) is 4.26. The summed E-state index contributed by atoms with van der Waals surface area (Å²) in [6.07, 6.45) is 2.97. The number of hydrogen-bond acceptors (Lipinski definition) is 3. The van der Waals surface area contributed by atoms with Crippen LogP contribution in [0.25, 0.3) is 0 Å². The highest BCUT2D eigenvalue weighted by atomic mass is 16.5. The SMILES string of the molecule is C=C/C(C)=C(\C=C)C(=O)NCC(=O)OC. The van der Waals surface area contributed by atoms with Crippen molar-refractivity contribution in [2.75, 3.05) is 13.7 Å². The van der Waals surface area contributed by atoms with Crippen molar-refractivity contribution < 1.29 is 14.3 Å². The van der Waals surface area contributed by atoms with E-state index in [4.69, 9.17) is 0 Å². The summed E-state index contributed by atoms with van der Waals surface area (Å²) < 4.78 is 4.39. The standard InChI is InChI=1S/C11H15NO3/c1-5-8(3)9(6-2)11(14)12-7-10(13)15-4/h5-6H,1-2,7H2,3-4H3,(H,12,14)/b9-8+. The highest BCUT2D eigenvalue weighted by molar-refractivity contribution is 5.98. The van der Waals surface area contributed by atoms with E-state index in [0.717, 1.165) is 0 Å². The van der Waals surface area contributed by atoms with Gasteiger partial charge in [-0.2, -0.15) is 0 Å². The lowest BCUT2D eigenvalue weighted by Gasteiger charge is -2.06. The highest BCUT2D eigenvalue weighted by Crippen LogP contribution is 2.05. The number of ether oxygens (including phenoxy) is 1. The van der Waals surface area contributed by atoms with Gasteiger partial charge in [-0.25, -0.2) is 0 Å². The summed E-state index contributed by atoms with van der Waals surface area (Å²) in [5.41, 5.74) is 1.10. The van der Waals surface area contributed by atoms with Crippen molar-refractivity contribution in [3.05, 3.63) is 36.5 Å². The van der Waals surface area contributed by atoms with Crippen LogP contribution in [0.4, 0.5) is 0 Å². The van der Waals surface area contributed by atoms with E-state index >= 15 is 0 Å². The highest BCUT2D eigenvalue weighted by Gasteiger charge is 2.09. The first-order valence-electron chi connectivity index (χ1n) is 4.37. The predicted octanol–water partition coefficient (Wildman–Crippen LogP) is 0.964. The minimum absolute atomic E-state index is 0.156. The molecule has 0 atom stereocenters. The molecule has 0 aromatic carbocycles. The van der Waals surface area contributed by atoms with Crippen LogP contribution in [0.5, 0.6) is 0 Å². The molecule has 0 radical (unpaired) electrons. The van der Waals surface area contributed by atoms with Crippen LogP contribution in [-0.4, -0.2) is 25.5 Å². The molecule has 0 aliphatic heterocycles. The van der Waals surface area contributed by atoms with Gasteiger partial charge in [-0.15, -0.1) is 0 Å². The monoisotopic (exact) mass is 209 g/mol. The molecule has 4 heteroatoms. The number of rotatable bonds is 5. The number of amides is 1. The third-order valence-electron chi connectivity index (χ3n) is 1.80. The van der Waals surface area contributed by atoms with Crippen molar-refractivity contribution in [1.29, 1.82) is 0 Å². The molecular formula is C11H15NO3. The van der Waals surface area contributed by atoms with Crippen LogP contribution in [0.15, 0.2) is 36.5 Å². The van der Waals surface area contributed by atoms with E-state index in [0.29, 0.717) is 11.1 Å². The fourth-order valence-corrected chi connectivity index (χ4v) is 0.863. The first-order chi connectivity index (χ1) is 7.06. The lowest BCUT2D eigenvalue weighted by Crippen LogP contribution is -2.31. The summed E-state index contributed by atoms with van der Waals surface area (Å²) in [5.74, 6) is -0.865. The maximum Gasteiger partial charge on any atom is 0.325 e. The van der Waals surface area contributed by atoms with Gasteiger partial charge in [0.25, 0.3) is 5.91 Å². The molecule has 0 aliphatic carbocycles. The quantitative estimate of drug-likeness (QED) is 0.417. The average molecular weight is 209 g/mol. The maximum absolute atomic E-state index is 11.5. The Morgan fingerprint density at radius 1 is 1.33 bits per heavy atom. The van der Waals surface area contributed by atoms with Gasteiger partial charge in [0.05, 0.1) is 7.11 Å². The molecule has 0 saturated heterocycles. The third-order valence-corrected chi connectivity index (χ3v) is 1.80. The summed E-state index contributed by atoms with van der Waals surface area (Å²) in [4.78, 5) is 22.3. The molecule has 0 saturated carbocycles. The topological polar surface area (TPSA) is 55.4 Å². The van der Waals surface area contributed by atoms with E-state index in [1.807, 2.05) is 0 Å². The summed E-state index contributed by atoms with van der Waals surface area (Å²) >= 11 is 0. The zero-order chi connectivity index (χ0) is 11.8. The van der Waals surface area contributed by atoms with Crippen LogP contribution < -0.4 is 5.32 Å². The Morgan fingerprint density at radius 3 is 2.33 bits per heavy atom. The van der Waals surface area contributed by atoms with E-state index in [1.165, 1.54) is 13.2 Å². The Balaban J connectivity index is 4.50. The van der Waals surface area contributed by atoms with Gasteiger partial charge >= 0.3 is 5.97 Å². The minimum Gasteiger partial charge on any atom is -0.468 e. The number of carbonyl (C=O) groups excluding carboxylic acids is 2. The molecule has 0 bridgehead atoms. The number of hydrogen-bond donors (Lipinski definition) is 1. The smallest absolute Gasteiger partial charge is 0.325 e. The Hall–Kier alpha value is -1.84. The summed E-state index contributed by atoms with van der Waals surface area (Å²) in [6.45, 7) is 8.64. The normalized spacial score (nSPS) is 11.1. The molecule has 4 nitrogen and oxygen atoms in total. The number of allylic oxidation sites excluding steroid dienone is 2. The lowest BCUT2D eigenvalue weighted by molar-refractivity contribution is -0.140. The van der Waals surface area contributed by atoms with Gasteiger partial charge in [0.1, 0.15) is 6.54 Å². The molecule has 0 heterocycles. The van der Waals surface area contributed by atoms with Crippen molar-refractivity contribution in [1.82, 2.24) is 5.32 Å². The molecule has 82 valence electrons. The number of carbonyl (C=O) groups is 2. The fraction of sp³-hybridized carbons (Fsp3) is 0.273. The van der Waals surface area contributed by atoms with E-state index in [1.54, 1.807) is 13.0 Å². The molecule has 0 spiro atoms. The molecule has 15 heavy (non-hydrogen) atoms. The molecule has 0 rings (SSSR count). The van der Waals surface area contributed by atoms with Gasteiger partial charge in [0.2, 0.25) is 0 Å². The number of nitrogens with one attached hydrogen (secondary N) is 1. The zero-order valence-electron chi connectivity index (χ0n) is 9.00. The van der Waals surface area contributed by atoms with Gasteiger partial charge in [0.15, 0.2) is 0 Å². The van der Waals surface area contributed by atoms with E-state index < -0.39 is 5.97 Å². The van der Waals surface area contributed by atoms with Crippen LogP contribution in [0.2, 0.25) is 0 Å². The molecule has 0 aliphatic rings. The van der Waals surface area contributed by atoms with Crippen LogP contribution in [0.1, 0.15) is 6.92 Å². The van der Waals surface area contributed by atoms with E-state index in [9.17, 15) is 9.59 Å². The van der Waals surface area contributed by atoms with Crippen molar-refractivity contribution in [3.8, 4) is 0 Å². The Morgan fingerprint density at radius 2 is 1.93 bits per heavy atom. The maximum atomic E-state index is 11.5. The first-order valence-corrected chi connectivity index (χ1v) is 4.37. The van der Waals surface area contributed by atoms with Crippen LogP contribution >= 0.6 is 0 Å². The second-order valence-electron chi connectivity index (χ2n) is 2.76. The van der Waals surface area contributed by atoms with Crippen molar-refractivity contribution in [3.63, 3.8) is 0 Å². The second kappa shape index (κ2) is 6.59. The summed E-state index contributed by atoms with van der Waals surface area (Å²) in [6, 6.07) is 0. The molecule has 0 aromatic heterocycles. The Labute approximate surface area is 89.3 Å². The minimum atomic E-state index is -0.497. The van der Waals surface area contributed by atoms with Crippen molar-refractivity contribution in [2.45, 2.75) is 6.92 Å². The Bertz CT molecular complexity index is 316. The van der Waals surface area contributed by atoms with Gasteiger partial charge in [0, 0.05) is 5.57 Å². The van der Waals surface area contributed by atoms with Gasteiger partial charge in [-0.3, -0.25) is 9.59 Å². The van der Waals surface area contributed by atoms with Crippen LogP contribution in [-0.2, 0) is 14.3 Å². The summed E-state index contributed by atoms with van der Waals surface area (Å²) in [5, 5.41) is 2.41. The second-order valence-corrected chi connectivity index (χ2v) is 2.76. The van der Waals surface area contributed by atoms with E-state index in [-0.39, 0.29) is 12.5 Å². The predicted molar refractivity (Wildman–Crippen MR) is 58.1 cm³/mol. The molecule has 1 N–H and O–H groups in total. The van der Waals surface area contributed by atoms with Crippen LogP contribution in [0.3, 0.4) is 0 Å². The molecule has 0 unspecified atom stereocenters. The number of methoxy groups -OCH3 is 1. The molecule has 1 amide bonds. The Kier molecular flexibility index (Phi) is 5.78. The molecule has 0 fully saturated rings. The fourth-order valence-electron chi connectivity index (χ4n) is 0.863. The molecule has 0 aromatic rings. The largest absolute Gasteiger partial charge is 0.468 e. The van der Waals surface area contributed by atoms with Gasteiger partial charge in [-0.1, -0.05) is 25.3 Å². The average Bonchev–Trinajstić information content (AvgIpc) is 2.26. The van der Waals surface area contributed by atoms with Crippen LogP contribution in [0, 0.1) is 0 Å². The van der Waals surface area contributed by atoms with Crippen molar-refractivity contribution in [2.24, 2.45) is 0 Å². The first kappa shape index (κ1) is 13.2. The molecular weight excluding hydrogens is 194 g/mol. The zero-order valence-corrected chi connectivity index (χ0v) is 9.00. The number of esters is 1. The van der Waals surface area contributed by atoms with E-state index in [2.05, 4.69) is 23.2 Å². The van der Waals surface area contributed by atoms with Crippen molar-refractivity contribution >= 4 is 11.9 Å². The summed E-state index contributed by atoms with van der Waals surface area (Å²) in [7, 11) is 1.26.